The highest BCUT2D eigenvalue weighted by Crippen LogP contribution is 2.42. The number of hydrogen-bond donors (Lipinski definition) is 4. The first-order valence-corrected chi connectivity index (χ1v) is 13.1. The van der Waals surface area contributed by atoms with Crippen molar-refractivity contribution in [3.63, 3.8) is 0 Å². The van der Waals surface area contributed by atoms with Crippen LogP contribution in [-0.2, 0) is 4.74 Å². The molecule has 4 atom stereocenters. The molecule has 7 rings (SSSR count). The predicted octanol–water partition coefficient (Wildman–Crippen LogP) is 2.63. The van der Waals surface area contributed by atoms with Crippen LogP contribution in [0.1, 0.15) is 11.8 Å². The van der Waals surface area contributed by atoms with Gasteiger partial charge in [-0.25, -0.2) is 4.79 Å². The van der Waals surface area contributed by atoms with E-state index in [9.17, 15) is 24.9 Å². The van der Waals surface area contributed by atoms with E-state index in [1.165, 1.54) is 21.5 Å². The van der Waals surface area contributed by atoms with E-state index in [4.69, 9.17) is 9.47 Å². The second-order valence-corrected chi connectivity index (χ2v) is 10.1. The Kier molecular flexibility index (Phi) is 5.99. The molecule has 4 N–H and O–H groups in total. The number of aliphatic hydroxyl groups excluding tert-OH is 3. The van der Waals surface area contributed by atoms with Crippen molar-refractivity contribution < 1.29 is 24.8 Å². The SMILES string of the molecule is O=c1[nH]c(=O)n([C@@H]2O[C@H](CO)[C@@H](O)[C@@H]2O)cc1C#CCOc1ccc2c3cccc4cccc(c5cccc1c52)c43. The molecule has 0 bridgehead atoms. The Hall–Kier alpha value is -4.72. The second-order valence-electron chi connectivity index (χ2n) is 10.1. The highest BCUT2D eigenvalue weighted by Gasteiger charge is 2.43. The van der Waals surface area contributed by atoms with Crippen LogP contribution in [0.4, 0.5) is 0 Å². The molecule has 9 heteroatoms. The molecule has 1 aliphatic rings. The molecule has 0 unspecified atom stereocenters. The Morgan fingerprint density at radius 2 is 1.51 bits per heavy atom. The number of nitrogens with one attached hydrogen (secondary N) is 1. The molecule has 9 nitrogen and oxygen atoms in total. The number of aliphatic hydroxyl groups is 3. The van der Waals surface area contributed by atoms with Crippen LogP contribution in [0.25, 0.3) is 43.1 Å². The van der Waals surface area contributed by atoms with Crippen molar-refractivity contribution in [3.8, 4) is 17.6 Å². The minimum atomic E-state index is -1.48. The standard InChI is InChI=1S/C32H24N2O7/c35-16-25-28(36)29(37)31(41-25)34-15-18(30(38)33-32(34)39)7-4-14-40-24-13-12-22-20-9-2-6-17-5-1-8-19(26(17)20)21-10-3-11-23(24)27(21)22/h1-3,5-6,8-13,15,25,28-29,31,35-37H,14,16H2,(H,33,38,39)/t25-,28-,29+,31-/m1/s1. The van der Waals surface area contributed by atoms with E-state index in [-0.39, 0.29) is 12.2 Å². The fraction of sp³-hybridized carbons (Fsp3) is 0.188. The summed E-state index contributed by atoms with van der Waals surface area (Å²) >= 11 is 0. The molecule has 2 heterocycles. The van der Waals surface area contributed by atoms with E-state index >= 15 is 0 Å². The number of benzene rings is 5. The molecule has 1 fully saturated rings. The van der Waals surface area contributed by atoms with Gasteiger partial charge in [0.1, 0.15) is 36.2 Å². The van der Waals surface area contributed by atoms with Crippen LogP contribution < -0.4 is 16.0 Å². The second kappa shape index (κ2) is 9.73. The molecule has 0 radical (unpaired) electrons. The van der Waals surface area contributed by atoms with Crippen LogP contribution in [0.2, 0.25) is 0 Å². The molecular weight excluding hydrogens is 524 g/mol. The van der Waals surface area contributed by atoms with Crippen LogP contribution in [0, 0.1) is 11.8 Å². The molecule has 1 saturated heterocycles. The Morgan fingerprint density at radius 1 is 0.854 bits per heavy atom. The first-order chi connectivity index (χ1) is 20.0. The third-order valence-electron chi connectivity index (χ3n) is 7.77. The fourth-order valence-corrected chi connectivity index (χ4v) is 5.86. The normalized spacial score (nSPS) is 20.7. The van der Waals surface area contributed by atoms with E-state index < -0.39 is 42.4 Å². The number of rotatable bonds is 4. The van der Waals surface area contributed by atoms with Gasteiger partial charge in [0.15, 0.2) is 6.23 Å². The third-order valence-corrected chi connectivity index (χ3v) is 7.77. The summed E-state index contributed by atoms with van der Waals surface area (Å²) in [6, 6.07) is 22.8. The summed E-state index contributed by atoms with van der Waals surface area (Å²) in [7, 11) is 0. The minimum absolute atomic E-state index is 0.0305. The van der Waals surface area contributed by atoms with Gasteiger partial charge < -0.3 is 24.8 Å². The van der Waals surface area contributed by atoms with Crippen LogP contribution in [0.15, 0.2) is 82.5 Å². The van der Waals surface area contributed by atoms with Gasteiger partial charge in [-0.05, 0) is 38.4 Å². The zero-order valence-corrected chi connectivity index (χ0v) is 21.6. The molecule has 0 saturated carbocycles. The Balaban J connectivity index is 1.21. The number of H-pyrrole nitrogens is 1. The first-order valence-electron chi connectivity index (χ1n) is 13.1. The molecule has 1 aliphatic heterocycles. The smallest absolute Gasteiger partial charge is 0.330 e. The maximum atomic E-state index is 12.4. The van der Waals surface area contributed by atoms with Gasteiger partial charge in [-0.3, -0.25) is 14.3 Å². The summed E-state index contributed by atoms with van der Waals surface area (Å²) < 4.78 is 12.4. The minimum Gasteiger partial charge on any atom is -0.480 e. The van der Waals surface area contributed by atoms with Crippen LogP contribution in [0.3, 0.4) is 0 Å². The summed E-state index contributed by atoms with van der Waals surface area (Å²) in [5.74, 6) is 6.19. The van der Waals surface area contributed by atoms with Crippen molar-refractivity contribution in [1.82, 2.24) is 9.55 Å². The largest absolute Gasteiger partial charge is 0.480 e. The van der Waals surface area contributed by atoms with E-state index in [1.54, 1.807) is 0 Å². The lowest BCUT2D eigenvalue weighted by atomic mass is 9.90. The number of hydrogen-bond acceptors (Lipinski definition) is 7. The van der Waals surface area contributed by atoms with Crippen molar-refractivity contribution in [2.24, 2.45) is 0 Å². The summed E-state index contributed by atoms with van der Waals surface area (Å²) in [4.78, 5) is 26.9. The highest BCUT2D eigenvalue weighted by molar-refractivity contribution is 6.33. The molecular formula is C32H24N2O7. The molecule has 0 spiro atoms. The summed E-state index contributed by atoms with van der Waals surface area (Å²) in [6.45, 7) is -0.576. The number of ether oxygens (including phenoxy) is 2. The van der Waals surface area contributed by atoms with Gasteiger partial charge in [0.2, 0.25) is 0 Å². The van der Waals surface area contributed by atoms with E-state index in [0.29, 0.717) is 5.75 Å². The number of aromatic amines is 1. The molecule has 0 aliphatic carbocycles. The third kappa shape index (κ3) is 3.96. The van der Waals surface area contributed by atoms with Gasteiger partial charge in [-0.2, -0.15) is 0 Å². The maximum absolute atomic E-state index is 12.4. The Morgan fingerprint density at radius 3 is 2.22 bits per heavy atom. The van der Waals surface area contributed by atoms with Crippen LogP contribution in [-0.4, -0.2) is 56.4 Å². The summed E-state index contributed by atoms with van der Waals surface area (Å²) in [5.41, 5.74) is -1.60. The first kappa shape index (κ1) is 25.3. The van der Waals surface area contributed by atoms with Crippen molar-refractivity contribution in [1.29, 1.82) is 0 Å². The lowest BCUT2D eigenvalue weighted by Crippen LogP contribution is -2.38. The van der Waals surface area contributed by atoms with Gasteiger partial charge in [-0.15, -0.1) is 0 Å². The average Bonchev–Trinajstić information content (AvgIpc) is 3.27. The van der Waals surface area contributed by atoms with Gasteiger partial charge in [0, 0.05) is 17.0 Å². The Bertz CT molecular complexity index is 2090. The molecule has 6 aromatic rings. The van der Waals surface area contributed by atoms with Crippen LogP contribution in [0.5, 0.6) is 5.75 Å². The van der Waals surface area contributed by atoms with E-state index in [1.807, 2.05) is 18.2 Å². The van der Waals surface area contributed by atoms with Gasteiger partial charge >= 0.3 is 5.69 Å². The monoisotopic (exact) mass is 548 g/mol. The topological polar surface area (TPSA) is 134 Å². The van der Waals surface area contributed by atoms with E-state index in [0.717, 1.165) is 32.3 Å². The van der Waals surface area contributed by atoms with Gasteiger partial charge in [0.05, 0.1) is 6.61 Å². The number of nitrogens with zero attached hydrogens (tertiary/aromatic N) is 1. The zero-order chi connectivity index (χ0) is 28.2. The van der Waals surface area contributed by atoms with Gasteiger partial charge in [-0.1, -0.05) is 72.5 Å². The predicted molar refractivity (Wildman–Crippen MR) is 154 cm³/mol. The van der Waals surface area contributed by atoms with Crippen molar-refractivity contribution >= 4 is 43.1 Å². The van der Waals surface area contributed by atoms with Crippen LogP contribution >= 0.6 is 0 Å². The quantitative estimate of drug-likeness (QED) is 0.151. The van der Waals surface area contributed by atoms with Crippen molar-refractivity contribution in [3.05, 3.63) is 99.3 Å². The summed E-state index contributed by atoms with van der Waals surface area (Å²) in [5, 5.41) is 38.8. The molecule has 0 amide bonds. The highest BCUT2D eigenvalue weighted by atomic mass is 16.6. The fourth-order valence-electron chi connectivity index (χ4n) is 5.86. The van der Waals surface area contributed by atoms with E-state index in [2.05, 4.69) is 65.4 Å². The Labute approximate surface area is 232 Å². The lowest BCUT2D eigenvalue weighted by molar-refractivity contribution is -0.0550. The van der Waals surface area contributed by atoms with Crippen molar-refractivity contribution in [2.45, 2.75) is 24.5 Å². The molecule has 204 valence electrons. The lowest BCUT2D eigenvalue weighted by Gasteiger charge is -2.17. The molecule has 41 heavy (non-hydrogen) atoms. The molecule has 5 aromatic carbocycles. The van der Waals surface area contributed by atoms with Gasteiger partial charge in [0.25, 0.3) is 5.56 Å². The molecule has 1 aromatic heterocycles. The summed E-state index contributed by atoms with van der Waals surface area (Å²) in [6.07, 6.45) is -4.08. The average molecular weight is 549 g/mol. The number of fused-ring (bicyclic) bond motifs is 2. The number of aromatic nitrogens is 2. The maximum Gasteiger partial charge on any atom is 0.330 e. The zero-order valence-electron chi connectivity index (χ0n) is 21.6. The van der Waals surface area contributed by atoms with Crippen molar-refractivity contribution in [2.75, 3.05) is 13.2 Å².